The smallest absolute Gasteiger partial charge is 0.227 e. The highest BCUT2D eigenvalue weighted by Crippen LogP contribution is 2.33. The Balaban J connectivity index is 1.52. The Morgan fingerprint density at radius 1 is 1.10 bits per heavy atom. The van der Waals surface area contributed by atoms with Crippen LogP contribution in [0, 0.1) is 12.7 Å². The molecule has 0 bridgehead atoms. The van der Waals surface area contributed by atoms with Gasteiger partial charge in [0.1, 0.15) is 5.82 Å². The molecule has 0 N–H and O–H groups in total. The minimum atomic E-state index is -0.277. The Bertz CT molecular complexity index is 862. The summed E-state index contributed by atoms with van der Waals surface area (Å²) < 4.78 is 13.1. The highest BCUT2D eigenvalue weighted by Gasteiger charge is 2.31. The van der Waals surface area contributed by atoms with E-state index in [-0.39, 0.29) is 17.8 Å². The number of benzene rings is 1. The number of likely N-dealkylation sites (tertiary alicyclic amines) is 1. The number of hydrogen-bond acceptors (Lipinski definition) is 4. The molecule has 5 nitrogen and oxygen atoms in total. The third kappa shape index (κ3) is 4.58. The third-order valence-corrected chi connectivity index (χ3v) is 6.01. The van der Waals surface area contributed by atoms with Gasteiger partial charge in [-0.15, -0.1) is 0 Å². The summed E-state index contributed by atoms with van der Waals surface area (Å²) in [6.45, 7) is 6.92. The van der Waals surface area contributed by atoms with Crippen molar-refractivity contribution in [1.82, 2.24) is 14.8 Å². The lowest BCUT2D eigenvalue weighted by Crippen LogP contribution is -2.44. The van der Waals surface area contributed by atoms with Crippen LogP contribution in [-0.4, -0.2) is 60.5 Å². The Morgan fingerprint density at radius 3 is 2.55 bits per heavy atom. The second-order valence-electron chi connectivity index (χ2n) is 8.23. The predicted octanol–water partition coefficient (Wildman–Crippen LogP) is 3.19. The number of piperazine rings is 1. The van der Waals surface area contributed by atoms with E-state index in [1.165, 1.54) is 17.8 Å². The minimum absolute atomic E-state index is 0.0223. The van der Waals surface area contributed by atoms with E-state index in [0.717, 1.165) is 62.5 Å². The molecular formula is C23H29FN4O. The standard InChI is InChI=1S/C23H29FN4O/c1-17-14-20(27-12-10-26(2)11-13-27)16-21(25-17)22-4-3-9-28(22)23(29)15-18-5-7-19(24)8-6-18/h5-8,14,16,22H,3-4,9-13,15H2,1-2H3/t22-/m0/s1. The molecule has 2 aliphatic heterocycles. The first-order chi connectivity index (χ1) is 14.0. The van der Waals surface area contributed by atoms with E-state index in [1.54, 1.807) is 12.1 Å². The van der Waals surface area contributed by atoms with Gasteiger partial charge in [-0.3, -0.25) is 9.78 Å². The van der Waals surface area contributed by atoms with Crippen molar-refractivity contribution in [2.24, 2.45) is 0 Å². The van der Waals surface area contributed by atoms with Crippen molar-refractivity contribution in [2.45, 2.75) is 32.2 Å². The summed E-state index contributed by atoms with van der Waals surface area (Å²) in [5.41, 5.74) is 4.04. The van der Waals surface area contributed by atoms with E-state index in [9.17, 15) is 9.18 Å². The van der Waals surface area contributed by atoms with Gasteiger partial charge in [-0.25, -0.2) is 4.39 Å². The number of amides is 1. The van der Waals surface area contributed by atoms with Crippen molar-refractivity contribution in [1.29, 1.82) is 0 Å². The van der Waals surface area contributed by atoms with E-state index in [2.05, 4.69) is 29.0 Å². The second kappa shape index (κ2) is 8.49. The number of nitrogens with zero attached hydrogens (tertiary/aromatic N) is 4. The molecule has 0 radical (unpaired) electrons. The Morgan fingerprint density at radius 2 is 1.83 bits per heavy atom. The molecule has 29 heavy (non-hydrogen) atoms. The average molecular weight is 397 g/mol. The van der Waals surface area contributed by atoms with Crippen LogP contribution in [0.2, 0.25) is 0 Å². The van der Waals surface area contributed by atoms with Crippen molar-refractivity contribution in [3.8, 4) is 0 Å². The number of aryl methyl sites for hydroxylation is 1. The summed E-state index contributed by atoms with van der Waals surface area (Å²) in [4.78, 5) is 24.5. The lowest BCUT2D eigenvalue weighted by Gasteiger charge is -2.34. The summed E-state index contributed by atoms with van der Waals surface area (Å²) in [6, 6.07) is 10.5. The van der Waals surface area contributed by atoms with Gasteiger partial charge in [0.2, 0.25) is 5.91 Å². The summed E-state index contributed by atoms with van der Waals surface area (Å²) in [6.07, 6.45) is 2.22. The fourth-order valence-electron chi connectivity index (χ4n) is 4.34. The zero-order valence-electron chi connectivity index (χ0n) is 17.3. The number of halogens is 1. The molecule has 2 fully saturated rings. The number of rotatable bonds is 4. The lowest BCUT2D eigenvalue weighted by molar-refractivity contribution is -0.131. The Kier molecular flexibility index (Phi) is 5.81. The summed E-state index contributed by atoms with van der Waals surface area (Å²) in [5, 5.41) is 0. The first-order valence-electron chi connectivity index (χ1n) is 10.5. The number of hydrogen-bond donors (Lipinski definition) is 0. The number of pyridine rings is 1. The van der Waals surface area contributed by atoms with E-state index >= 15 is 0 Å². The number of carbonyl (C=O) groups excluding carboxylic acids is 1. The van der Waals surface area contributed by atoms with E-state index in [1.807, 2.05) is 11.8 Å². The first kappa shape index (κ1) is 19.8. The van der Waals surface area contributed by atoms with Gasteiger partial charge in [0.15, 0.2) is 0 Å². The van der Waals surface area contributed by atoms with Gasteiger partial charge in [0, 0.05) is 44.1 Å². The summed E-state index contributed by atoms with van der Waals surface area (Å²) >= 11 is 0. The fourth-order valence-corrected chi connectivity index (χ4v) is 4.34. The topological polar surface area (TPSA) is 39.7 Å². The van der Waals surface area contributed by atoms with Gasteiger partial charge in [0.05, 0.1) is 18.2 Å². The molecule has 0 spiro atoms. The van der Waals surface area contributed by atoms with E-state index in [4.69, 9.17) is 4.98 Å². The molecule has 2 aliphatic rings. The lowest BCUT2D eigenvalue weighted by atomic mass is 10.1. The zero-order valence-corrected chi connectivity index (χ0v) is 17.3. The monoisotopic (exact) mass is 396 g/mol. The van der Waals surface area contributed by atoms with Gasteiger partial charge in [0.25, 0.3) is 0 Å². The largest absolute Gasteiger partial charge is 0.369 e. The predicted molar refractivity (Wildman–Crippen MR) is 112 cm³/mol. The van der Waals surface area contributed by atoms with Crippen molar-refractivity contribution in [3.63, 3.8) is 0 Å². The molecule has 1 aromatic carbocycles. The number of anilines is 1. The van der Waals surface area contributed by atoms with Gasteiger partial charge < -0.3 is 14.7 Å². The van der Waals surface area contributed by atoms with Crippen LogP contribution >= 0.6 is 0 Å². The van der Waals surface area contributed by atoms with Gasteiger partial charge >= 0.3 is 0 Å². The molecule has 154 valence electrons. The van der Waals surface area contributed by atoms with Crippen LogP contribution in [-0.2, 0) is 11.2 Å². The van der Waals surface area contributed by atoms with Crippen LogP contribution in [0.3, 0.4) is 0 Å². The van der Waals surface area contributed by atoms with Crippen LogP contribution < -0.4 is 4.90 Å². The number of carbonyl (C=O) groups is 1. The van der Waals surface area contributed by atoms with Crippen LogP contribution in [0.4, 0.5) is 10.1 Å². The van der Waals surface area contributed by atoms with Crippen molar-refractivity contribution >= 4 is 11.6 Å². The van der Waals surface area contributed by atoms with Crippen LogP contribution in [0.25, 0.3) is 0 Å². The molecule has 1 atom stereocenters. The summed E-state index contributed by atoms with van der Waals surface area (Å²) in [7, 11) is 2.16. The zero-order chi connectivity index (χ0) is 20.4. The molecular weight excluding hydrogens is 367 g/mol. The third-order valence-electron chi connectivity index (χ3n) is 6.01. The fraction of sp³-hybridized carbons (Fsp3) is 0.478. The average Bonchev–Trinajstić information content (AvgIpc) is 3.20. The van der Waals surface area contributed by atoms with Crippen molar-refractivity contribution < 1.29 is 9.18 Å². The maximum atomic E-state index is 13.1. The minimum Gasteiger partial charge on any atom is -0.369 e. The normalized spacial score (nSPS) is 20.3. The van der Waals surface area contributed by atoms with Crippen molar-refractivity contribution in [3.05, 3.63) is 59.2 Å². The van der Waals surface area contributed by atoms with E-state index < -0.39 is 0 Å². The molecule has 4 rings (SSSR count). The first-order valence-corrected chi connectivity index (χ1v) is 10.5. The highest BCUT2D eigenvalue weighted by molar-refractivity contribution is 5.79. The van der Waals surface area contributed by atoms with Crippen LogP contribution in [0.15, 0.2) is 36.4 Å². The summed E-state index contributed by atoms with van der Waals surface area (Å²) in [5.74, 6) is -0.191. The maximum absolute atomic E-state index is 13.1. The van der Waals surface area contributed by atoms with Crippen LogP contribution in [0.1, 0.15) is 35.8 Å². The molecule has 2 aromatic rings. The number of aromatic nitrogens is 1. The number of likely N-dealkylation sites (N-methyl/N-ethyl adjacent to an activating group) is 1. The molecule has 1 aromatic heterocycles. The van der Waals surface area contributed by atoms with Gasteiger partial charge in [-0.2, -0.15) is 0 Å². The van der Waals surface area contributed by atoms with Crippen molar-refractivity contribution in [2.75, 3.05) is 44.7 Å². The van der Waals surface area contributed by atoms with Gasteiger partial charge in [-0.05, 0) is 56.6 Å². The van der Waals surface area contributed by atoms with Crippen LogP contribution in [0.5, 0.6) is 0 Å². The highest BCUT2D eigenvalue weighted by atomic mass is 19.1. The molecule has 6 heteroatoms. The molecule has 0 aliphatic carbocycles. The Labute approximate surface area is 172 Å². The molecule has 0 unspecified atom stereocenters. The molecule has 2 saturated heterocycles. The maximum Gasteiger partial charge on any atom is 0.227 e. The molecule has 1 amide bonds. The quantitative estimate of drug-likeness (QED) is 0.796. The second-order valence-corrected chi connectivity index (χ2v) is 8.23. The SMILES string of the molecule is Cc1cc(N2CCN(C)CC2)cc([C@@H]2CCCN2C(=O)Cc2ccc(F)cc2)n1. The Hall–Kier alpha value is -2.47. The van der Waals surface area contributed by atoms with E-state index in [0.29, 0.717) is 6.42 Å². The molecule has 3 heterocycles. The molecule has 0 saturated carbocycles. The van der Waals surface area contributed by atoms with Gasteiger partial charge in [-0.1, -0.05) is 12.1 Å².